The highest BCUT2D eigenvalue weighted by Crippen LogP contribution is 2.07. The number of hydrogen-bond donors (Lipinski definition) is 1. The molecule has 0 radical (unpaired) electrons. The van der Waals surface area contributed by atoms with E-state index >= 15 is 0 Å². The SMILES string of the molecule is Cc1nc(N)nc(C)c1C=O. The molecule has 4 nitrogen and oxygen atoms in total. The highest BCUT2D eigenvalue weighted by atomic mass is 16.1. The number of nitrogens with zero attached hydrogens (tertiary/aromatic N) is 2. The standard InChI is InChI=1S/C7H9N3O/c1-4-6(3-11)5(2)10-7(8)9-4/h3H,1-2H3,(H2,8,9,10). The van der Waals surface area contributed by atoms with Crippen molar-refractivity contribution in [1.29, 1.82) is 0 Å². The molecule has 0 aromatic carbocycles. The number of rotatable bonds is 1. The van der Waals surface area contributed by atoms with Crippen LogP contribution in [-0.4, -0.2) is 16.3 Å². The van der Waals surface area contributed by atoms with Crippen LogP contribution >= 0.6 is 0 Å². The summed E-state index contributed by atoms with van der Waals surface area (Å²) in [6.07, 6.45) is 0.740. The fourth-order valence-corrected chi connectivity index (χ4v) is 0.921. The average Bonchev–Trinajstić information content (AvgIpc) is 1.85. The highest BCUT2D eigenvalue weighted by Gasteiger charge is 2.04. The second kappa shape index (κ2) is 2.65. The van der Waals surface area contributed by atoms with E-state index < -0.39 is 0 Å². The third kappa shape index (κ3) is 1.34. The molecule has 4 heteroatoms. The van der Waals surface area contributed by atoms with Crippen LogP contribution in [0.25, 0.3) is 0 Å². The molecule has 0 aliphatic heterocycles. The Morgan fingerprint density at radius 3 is 2.09 bits per heavy atom. The van der Waals surface area contributed by atoms with Crippen molar-refractivity contribution in [2.24, 2.45) is 0 Å². The lowest BCUT2D eigenvalue weighted by molar-refractivity contribution is 0.112. The molecule has 0 bridgehead atoms. The zero-order chi connectivity index (χ0) is 8.43. The Kier molecular flexibility index (Phi) is 1.85. The minimum atomic E-state index is 0.214. The first-order valence-corrected chi connectivity index (χ1v) is 3.21. The molecule has 0 aliphatic carbocycles. The number of aldehydes is 1. The molecule has 0 spiro atoms. The number of nitrogen functional groups attached to an aromatic ring is 1. The summed E-state index contributed by atoms with van der Waals surface area (Å²) < 4.78 is 0. The largest absolute Gasteiger partial charge is 0.368 e. The summed E-state index contributed by atoms with van der Waals surface area (Å²) in [6.45, 7) is 3.46. The van der Waals surface area contributed by atoms with E-state index in [0.29, 0.717) is 17.0 Å². The third-order valence-corrected chi connectivity index (χ3v) is 1.46. The minimum absolute atomic E-state index is 0.214. The van der Waals surface area contributed by atoms with Gasteiger partial charge in [0, 0.05) is 0 Å². The number of anilines is 1. The van der Waals surface area contributed by atoms with Crippen LogP contribution in [0.3, 0.4) is 0 Å². The van der Waals surface area contributed by atoms with Gasteiger partial charge < -0.3 is 5.73 Å². The molecule has 0 aliphatic rings. The second-order valence-electron chi connectivity index (χ2n) is 2.28. The molecule has 0 saturated heterocycles. The second-order valence-corrected chi connectivity index (χ2v) is 2.28. The van der Waals surface area contributed by atoms with Gasteiger partial charge in [0.2, 0.25) is 5.95 Å². The van der Waals surface area contributed by atoms with E-state index in [4.69, 9.17) is 5.73 Å². The van der Waals surface area contributed by atoms with Gasteiger partial charge in [-0.3, -0.25) is 4.79 Å². The van der Waals surface area contributed by atoms with Gasteiger partial charge in [-0.2, -0.15) is 0 Å². The molecule has 1 aromatic heterocycles. The van der Waals surface area contributed by atoms with E-state index in [1.54, 1.807) is 13.8 Å². The lowest BCUT2D eigenvalue weighted by Crippen LogP contribution is -2.03. The molecule has 58 valence electrons. The molecule has 11 heavy (non-hydrogen) atoms. The maximum Gasteiger partial charge on any atom is 0.220 e. The molecular weight excluding hydrogens is 142 g/mol. The first-order valence-electron chi connectivity index (χ1n) is 3.21. The zero-order valence-electron chi connectivity index (χ0n) is 6.46. The summed E-state index contributed by atoms with van der Waals surface area (Å²) in [5.41, 5.74) is 7.13. The molecular formula is C7H9N3O. The van der Waals surface area contributed by atoms with Crippen LogP contribution in [-0.2, 0) is 0 Å². The number of aryl methyl sites for hydroxylation is 2. The molecule has 1 heterocycles. The quantitative estimate of drug-likeness (QED) is 0.593. The van der Waals surface area contributed by atoms with Gasteiger partial charge in [0.1, 0.15) is 0 Å². The minimum Gasteiger partial charge on any atom is -0.368 e. The molecule has 0 unspecified atom stereocenters. The summed E-state index contributed by atoms with van der Waals surface area (Å²) in [7, 11) is 0. The molecule has 0 amide bonds. The van der Waals surface area contributed by atoms with Crippen molar-refractivity contribution in [2.45, 2.75) is 13.8 Å². The fourth-order valence-electron chi connectivity index (χ4n) is 0.921. The Morgan fingerprint density at radius 1 is 1.27 bits per heavy atom. The van der Waals surface area contributed by atoms with Gasteiger partial charge in [-0.15, -0.1) is 0 Å². The lowest BCUT2D eigenvalue weighted by atomic mass is 10.2. The van der Waals surface area contributed by atoms with Gasteiger partial charge in [0.15, 0.2) is 6.29 Å². The smallest absolute Gasteiger partial charge is 0.220 e. The van der Waals surface area contributed by atoms with E-state index in [-0.39, 0.29) is 5.95 Å². The maximum absolute atomic E-state index is 10.4. The molecule has 1 aromatic rings. The number of hydrogen-bond acceptors (Lipinski definition) is 4. The number of carbonyl (C=O) groups is 1. The number of aromatic nitrogens is 2. The Bertz CT molecular complexity index is 273. The van der Waals surface area contributed by atoms with Gasteiger partial charge >= 0.3 is 0 Å². The van der Waals surface area contributed by atoms with Crippen LogP contribution < -0.4 is 5.73 Å². The summed E-state index contributed by atoms with van der Waals surface area (Å²) in [6, 6.07) is 0. The summed E-state index contributed by atoms with van der Waals surface area (Å²) >= 11 is 0. The lowest BCUT2D eigenvalue weighted by Gasteiger charge is -2.01. The molecule has 2 N–H and O–H groups in total. The Morgan fingerprint density at radius 2 is 1.73 bits per heavy atom. The van der Waals surface area contributed by atoms with Crippen molar-refractivity contribution in [2.75, 3.05) is 5.73 Å². The molecule has 0 fully saturated rings. The number of nitrogens with two attached hydrogens (primary N) is 1. The average molecular weight is 151 g/mol. The summed E-state index contributed by atoms with van der Waals surface area (Å²) in [4.78, 5) is 18.1. The van der Waals surface area contributed by atoms with Crippen LogP contribution in [0.4, 0.5) is 5.95 Å². The Hall–Kier alpha value is -1.45. The first kappa shape index (κ1) is 7.65. The third-order valence-electron chi connectivity index (χ3n) is 1.46. The van der Waals surface area contributed by atoms with Crippen molar-refractivity contribution in [3.05, 3.63) is 17.0 Å². The van der Waals surface area contributed by atoms with Gasteiger partial charge in [-0.1, -0.05) is 0 Å². The molecule has 0 saturated carbocycles. The Balaban J connectivity index is 3.36. The molecule has 0 atom stereocenters. The summed E-state index contributed by atoms with van der Waals surface area (Å²) in [5.74, 6) is 0.214. The van der Waals surface area contributed by atoms with Gasteiger partial charge in [0.05, 0.1) is 17.0 Å². The fraction of sp³-hybridized carbons (Fsp3) is 0.286. The van der Waals surface area contributed by atoms with Crippen LogP contribution in [0.2, 0.25) is 0 Å². The van der Waals surface area contributed by atoms with E-state index in [9.17, 15) is 4.79 Å². The predicted molar refractivity (Wildman–Crippen MR) is 41.3 cm³/mol. The van der Waals surface area contributed by atoms with Gasteiger partial charge in [-0.25, -0.2) is 9.97 Å². The monoisotopic (exact) mass is 151 g/mol. The van der Waals surface area contributed by atoms with Crippen molar-refractivity contribution < 1.29 is 4.79 Å². The normalized spacial score (nSPS) is 9.64. The van der Waals surface area contributed by atoms with Crippen molar-refractivity contribution in [3.8, 4) is 0 Å². The van der Waals surface area contributed by atoms with Crippen molar-refractivity contribution in [3.63, 3.8) is 0 Å². The van der Waals surface area contributed by atoms with Gasteiger partial charge in [-0.05, 0) is 13.8 Å². The van der Waals surface area contributed by atoms with Crippen LogP contribution in [0, 0.1) is 13.8 Å². The topological polar surface area (TPSA) is 68.9 Å². The van der Waals surface area contributed by atoms with E-state index in [0.717, 1.165) is 6.29 Å². The van der Waals surface area contributed by atoms with E-state index in [1.165, 1.54) is 0 Å². The maximum atomic E-state index is 10.4. The first-order chi connectivity index (χ1) is 5.15. The van der Waals surface area contributed by atoms with Crippen LogP contribution in [0.15, 0.2) is 0 Å². The van der Waals surface area contributed by atoms with E-state index in [2.05, 4.69) is 9.97 Å². The van der Waals surface area contributed by atoms with Crippen molar-refractivity contribution >= 4 is 12.2 Å². The Labute approximate surface area is 64.5 Å². The van der Waals surface area contributed by atoms with Crippen LogP contribution in [0.5, 0.6) is 0 Å². The van der Waals surface area contributed by atoms with Crippen molar-refractivity contribution in [1.82, 2.24) is 9.97 Å². The molecule has 1 rings (SSSR count). The predicted octanol–water partition coefficient (Wildman–Crippen LogP) is 0.488. The van der Waals surface area contributed by atoms with Crippen LogP contribution in [0.1, 0.15) is 21.7 Å². The highest BCUT2D eigenvalue weighted by molar-refractivity contribution is 5.77. The van der Waals surface area contributed by atoms with Gasteiger partial charge in [0.25, 0.3) is 0 Å². The summed E-state index contributed by atoms with van der Waals surface area (Å²) in [5, 5.41) is 0. The zero-order valence-corrected chi connectivity index (χ0v) is 6.46. The number of carbonyl (C=O) groups excluding carboxylic acids is 1. The van der Waals surface area contributed by atoms with E-state index in [1.807, 2.05) is 0 Å².